The maximum absolute atomic E-state index is 13.3. The molecule has 174 valence electrons. The molecule has 2 aliphatic rings. The molecule has 3 aromatic rings. The minimum atomic E-state index is -3.67. The highest BCUT2D eigenvalue weighted by Crippen LogP contribution is 2.44. The van der Waals surface area contributed by atoms with Gasteiger partial charge in [-0.1, -0.05) is 11.3 Å². The number of anilines is 1. The highest BCUT2D eigenvalue weighted by Gasteiger charge is 2.43. The van der Waals surface area contributed by atoms with Crippen molar-refractivity contribution < 1.29 is 32.6 Å². The molecule has 4 heterocycles. The van der Waals surface area contributed by atoms with E-state index in [0.29, 0.717) is 21.3 Å². The van der Waals surface area contributed by atoms with Crippen LogP contribution in [-0.4, -0.2) is 48.3 Å². The van der Waals surface area contributed by atoms with Crippen LogP contribution in [-0.2, 0) is 4.79 Å². The van der Waals surface area contributed by atoms with Crippen LogP contribution >= 0.6 is 11.3 Å². The molecule has 0 spiro atoms. The molecule has 1 aromatic carbocycles. The van der Waals surface area contributed by atoms with Crippen molar-refractivity contribution in [2.45, 2.75) is 38.0 Å². The molecule has 2 aromatic heterocycles. The van der Waals surface area contributed by atoms with Crippen molar-refractivity contribution in [3.05, 3.63) is 42.2 Å². The monoisotopic (exact) mass is 477 g/mol. The molecule has 1 N–H and O–H groups in total. The Bertz CT molecular complexity index is 1140. The number of ether oxygens (including phenoxy) is 2. The van der Waals surface area contributed by atoms with Crippen molar-refractivity contribution in [2.75, 3.05) is 25.5 Å². The number of amides is 1. The van der Waals surface area contributed by atoms with Crippen molar-refractivity contribution in [2.24, 2.45) is 0 Å². The first kappa shape index (κ1) is 21.8. The van der Waals surface area contributed by atoms with Crippen LogP contribution in [0.1, 0.15) is 31.2 Å². The predicted octanol–water partition coefficient (Wildman–Crippen LogP) is 3.17. The summed E-state index contributed by atoms with van der Waals surface area (Å²) in [4.78, 5) is 24.6. The number of pyridine rings is 1. The summed E-state index contributed by atoms with van der Waals surface area (Å²) in [5.74, 6) is 0.0639. The van der Waals surface area contributed by atoms with Crippen LogP contribution in [0, 0.1) is 0 Å². The van der Waals surface area contributed by atoms with Gasteiger partial charge in [0.15, 0.2) is 16.6 Å². The highest BCUT2D eigenvalue weighted by atomic mass is 32.1. The van der Waals surface area contributed by atoms with Crippen LogP contribution in [0.4, 0.5) is 13.9 Å². The van der Waals surface area contributed by atoms with E-state index < -0.39 is 6.29 Å². The van der Waals surface area contributed by atoms with Gasteiger partial charge in [0.05, 0.1) is 16.3 Å². The Morgan fingerprint density at radius 1 is 1.33 bits per heavy atom. The number of hydrogen-bond donors (Lipinski definition) is 1. The van der Waals surface area contributed by atoms with Crippen molar-refractivity contribution >= 4 is 32.6 Å². The van der Waals surface area contributed by atoms with Gasteiger partial charge in [-0.15, -0.1) is 8.78 Å². The van der Waals surface area contributed by atoms with Gasteiger partial charge in [-0.3, -0.25) is 14.5 Å². The Morgan fingerprint density at radius 2 is 2.06 bits per heavy atom. The lowest BCUT2D eigenvalue weighted by Gasteiger charge is -2.36. The third kappa shape index (κ3) is 4.42. The fourth-order valence-electron chi connectivity index (χ4n) is 4.25. The molecule has 11 heteroatoms. The smallest absolute Gasteiger partial charge is 0.395 e. The average Bonchev–Trinajstić information content (AvgIpc) is 3.33. The zero-order valence-electron chi connectivity index (χ0n) is 18.1. The third-order valence-electron chi connectivity index (χ3n) is 6.03. The first-order chi connectivity index (χ1) is 15.8. The number of fused-ring (bicyclic) bond motifs is 2. The number of alkyl halides is 2. The van der Waals surface area contributed by atoms with Gasteiger partial charge < -0.3 is 14.8 Å². The summed E-state index contributed by atoms with van der Waals surface area (Å²) >= 11 is 1.20. The standard InChI is InChI=1S/C22H22F2N4O4S/c1-13(27-7-3-4-15(12-27)14-5-8-28(30-2)9-6-14)20(29)26-21-25-16-10-17-18(11-19(16)33-21)32-22(23,24)31-17/h5-6,8-11,13,15H,3-4,7,12H2,1-2H3/p+1. The predicted molar refractivity (Wildman–Crippen MR) is 117 cm³/mol. The summed E-state index contributed by atoms with van der Waals surface area (Å²) in [5.41, 5.74) is 1.67. The molecule has 1 amide bonds. The number of nitrogens with one attached hydrogen (secondary N) is 1. The molecule has 8 nitrogen and oxygen atoms in total. The number of benzene rings is 1. The second kappa shape index (κ2) is 8.38. The Labute approximate surface area is 192 Å². The molecule has 0 radical (unpaired) electrons. The highest BCUT2D eigenvalue weighted by molar-refractivity contribution is 7.22. The second-order valence-corrected chi connectivity index (χ2v) is 9.16. The van der Waals surface area contributed by atoms with Crippen LogP contribution in [0.15, 0.2) is 36.7 Å². The zero-order valence-corrected chi connectivity index (χ0v) is 18.9. The number of halogens is 2. The van der Waals surface area contributed by atoms with E-state index in [1.807, 2.05) is 31.5 Å². The Balaban J connectivity index is 1.25. The van der Waals surface area contributed by atoms with Crippen LogP contribution < -0.4 is 24.4 Å². The van der Waals surface area contributed by atoms with E-state index in [1.165, 1.54) is 29.0 Å². The quantitative estimate of drug-likeness (QED) is 0.569. The molecule has 2 aliphatic heterocycles. The van der Waals surface area contributed by atoms with Crippen molar-refractivity contribution in [1.82, 2.24) is 9.88 Å². The molecule has 5 rings (SSSR count). The van der Waals surface area contributed by atoms with Gasteiger partial charge in [-0.2, -0.15) is 0 Å². The largest absolute Gasteiger partial charge is 0.586 e. The minimum Gasteiger partial charge on any atom is -0.395 e. The fourth-order valence-corrected chi connectivity index (χ4v) is 5.13. The van der Waals surface area contributed by atoms with Gasteiger partial charge >= 0.3 is 6.29 Å². The van der Waals surface area contributed by atoms with E-state index in [0.717, 1.165) is 25.9 Å². The Kier molecular flexibility index (Phi) is 5.53. The first-order valence-corrected chi connectivity index (χ1v) is 11.4. The average molecular weight is 478 g/mol. The molecule has 0 saturated carbocycles. The summed E-state index contributed by atoms with van der Waals surface area (Å²) < 4.78 is 37.7. The van der Waals surface area contributed by atoms with Crippen molar-refractivity contribution in [3.8, 4) is 11.5 Å². The number of nitrogens with zero attached hydrogens (tertiary/aromatic N) is 3. The summed E-state index contributed by atoms with van der Waals surface area (Å²) in [6.45, 7) is 3.50. The second-order valence-electron chi connectivity index (χ2n) is 8.13. The number of aromatic nitrogens is 2. The van der Waals surface area contributed by atoms with Crippen molar-refractivity contribution in [3.63, 3.8) is 0 Å². The fraction of sp³-hybridized carbons (Fsp3) is 0.409. The normalized spacial score (nSPS) is 20.5. The van der Waals surface area contributed by atoms with E-state index >= 15 is 0 Å². The van der Waals surface area contributed by atoms with Gasteiger partial charge in [0.2, 0.25) is 18.3 Å². The number of likely N-dealkylation sites (tertiary alicyclic amines) is 1. The van der Waals surface area contributed by atoms with Gasteiger partial charge in [0, 0.05) is 35.5 Å². The summed E-state index contributed by atoms with van der Waals surface area (Å²) in [6, 6.07) is 6.59. The summed E-state index contributed by atoms with van der Waals surface area (Å²) in [7, 11) is 1.61. The topological polar surface area (TPSA) is 76.8 Å². The zero-order chi connectivity index (χ0) is 23.2. The first-order valence-electron chi connectivity index (χ1n) is 10.6. The number of thiazole rings is 1. The maximum atomic E-state index is 13.3. The third-order valence-corrected chi connectivity index (χ3v) is 6.97. The van der Waals surface area contributed by atoms with E-state index in [1.54, 1.807) is 11.8 Å². The lowest BCUT2D eigenvalue weighted by molar-refractivity contribution is -0.885. The summed E-state index contributed by atoms with van der Waals surface area (Å²) in [5, 5.41) is 3.27. The van der Waals surface area contributed by atoms with Crippen LogP contribution in [0.5, 0.6) is 11.5 Å². The molecule has 2 atom stereocenters. The molecule has 0 bridgehead atoms. The van der Waals surface area contributed by atoms with Gasteiger partial charge in [0.25, 0.3) is 0 Å². The minimum absolute atomic E-state index is 0.0429. The van der Waals surface area contributed by atoms with Crippen LogP contribution in [0.2, 0.25) is 0 Å². The van der Waals surface area contributed by atoms with Crippen molar-refractivity contribution in [1.29, 1.82) is 0 Å². The number of carbonyl (C=O) groups is 1. The molecule has 33 heavy (non-hydrogen) atoms. The van der Waals surface area contributed by atoms with Gasteiger partial charge in [-0.25, -0.2) is 4.98 Å². The van der Waals surface area contributed by atoms with E-state index in [9.17, 15) is 13.6 Å². The SMILES string of the molecule is CO[n+]1ccc(C2CCCN(C(C)C(=O)Nc3nc4cc5c(cc4s3)OC(F)(F)O5)C2)cc1. The molecule has 0 aliphatic carbocycles. The van der Waals surface area contributed by atoms with E-state index in [4.69, 9.17) is 4.84 Å². The molecular weight excluding hydrogens is 454 g/mol. The van der Waals surface area contributed by atoms with Gasteiger partial charge in [0.1, 0.15) is 7.11 Å². The van der Waals surface area contributed by atoms with Crippen LogP contribution in [0.25, 0.3) is 10.2 Å². The number of piperidine rings is 1. The molecule has 1 saturated heterocycles. The molecular formula is C22H23F2N4O4S+. The Hall–Kier alpha value is -3.05. The lowest BCUT2D eigenvalue weighted by atomic mass is 9.90. The maximum Gasteiger partial charge on any atom is 0.586 e. The number of hydrogen-bond acceptors (Lipinski definition) is 7. The molecule has 1 fully saturated rings. The number of carbonyl (C=O) groups excluding carboxylic acids is 1. The van der Waals surface area contributed by atoms with Gasteiger partial charge in [-0.05, 0) is 37.8 Å². The Morgan fingerprint density at radius 3 is 2.79 bits per heavy atom. The number of rotatable bonds is 5. The molecule has 2 unspecified atom stereocenters. The lowest BCUT2D eigenvalue weighted by Crippen LogP contribution is -2.46. The van der Waals surface area contributed by atoms with Crippen LogP contribution in [0.3, 0.4) is 0 Å². The van der Waals surface area contributed by atoms with E-state index in [-0.39, 0.29) is 23.4 Å². The summed E-state index contributed by atoms with van der Waals surface area (Å²) in [6.07, 6.45) is 2.15. The van der Waals surface area contributed by atoms with E-state index in [2.05, 4.69) is 24.7 Å².